The highest BCUT2D eigenvalue weighted by atomic mass is 31.2. The van der Waals surface area contributed by atoms with Gasteiger partial charge in [0.05, 0.1) is 31.7 Å². The van der Waals surface area contributed by atoms with Crippen LogP contribution in [-0.4, -0.2) is 31.3 Å². The smallest absolute Gasteiger partial charge is 0.341 e. The molecular weight excluding hydrogens is 314 g/mol. The van der Waals surface area contributed by atoms with E-state index in [0.717, 1.165) is 0 Å². The first-order chi connectivity index (χ1) is 9.66. The Balaban J connectivity index is 5.21. The second kappa shape index (κ2) is 9.81. The zero-order valence-corrected chi connectivity index (χ0v) is 15.6. The fourth-order valence-electron chi connectivity index (χ4n) is 1.56. The SMILES string of the molecule is CCO/C=C/P(=O)(CP(=O)(OC(C)C)OC(C)C)OCC. The van der Waals surface area contributed by atoms with Crippen molar-refractivity contribution < 1.29 is 27.4 Å². The van der Waals surface area contributed by atoms with E-state index in [2.05, 4.69) is 0 Å². The summed E-state index contributed by atoms with van der Waals surface area (Å²) < 4.78 is 46.7. The molecule has 0 rings (SSSR count). The molecule has 0 radical (unpaired) electrons. The van der Waals surface area contributed by atoms with E-state index >= 15 is 0 Å². The highest BCUT2D eigenvalue weighted by Gasteiger charge is 2.37. The van der Waals surface area contributed by atoms with Crippen LogP contribution in [0, 0.1) is 0 Å². The van der Waals surface area contributed by atoms with Crippen molar-refractivity contribution in [3.05, 3.63) is 12.1 Å². The molecule has 126 valence electrons. The topological polar surface area (TPSA) is 71.1 Å². The first kappa shape index (κ1) is 20.9. The molecular formula is C13H28O6P2. The van der Waals surface area contributed by atoms with Gasteiger partial charge in [-0.2, -0.15) is 0 Å². The lowest BCUT2D eigenvalue weighted by molar-refractivity contribution is 0.144. The first-order valence-electron chi connectivity index (χ1n) is 7.14. The van der Waals surface area contributed by atoms with Gasteiger partial charge in [0.2, 0.25) is 7.37 Å². The molecule has 0 fully saturated rings. The lowest BCUT2D eigenvalue weighted by Crippen LogP contribution is -2.11. The van der Waals surface area contributed by atoms with E-state index in [1.165, 1.54) is 12.1 Å². The fraction of sp³-hybridized carbons (Fsp3) is 0.846. The van der Waals surface area contributed by atoms with Gasteiger partial charge in [0.15, 0.2) is 0 Å². The van der Waals surface area contributed by atoms with Crippen molar-refractivity contribution >= 4 is 15.0 Å². The first-order valence-corrected chi connectivity index (χ1v) is 10.8. The van der Waals surface area contributed by atoms with Gasteiger partial charge in [-0.05, 0) is 41.5 Å². The van der Waals surface area contributed by atoms with Crippen LogP contribution in [0.15, 0.2) is 12.1 Å². The van der Waals surface area contributed by atoms with Gasteiger partial charge in [0.1, 0.15) is 5.90 Å². The molecule has 0 aromatic rings. The Morgan fingerprint density at radius 2 is 1.48 bits per heavy atom. The summed E-state index contributed by atoms with van der Waals surface area (Å²) in [5, 5.41) is 0. The van der Waals surface area contributed by atoms with Gasteiger partial charge in [0, 0.05) is 5.82 Å². The van der Waals surface area contributed by atoms with Gasteiger partial charge in [-0.15, -0.1) is 0 Å². The summed E-state index contributed by atoms with van der Waals surface area (Å²) in [6.45, 7) is 11.2. The van der Waals surface area contributed by atoms with Gasteiger partial charge < -0.3 is 18.3 Å². The summed E-state index contributed by atoms with van der Waals surface area (Å²) in [5.74, 6) is 1.02. The quantitative estimate of drug-likeness (QED) is 0.396. The molecule has 0 aliphatic heterocycles. The van der Waals surface area contributed by atoms with E-state index in [-0.39, 0.29) is 24.7 Å². The molecule has 0 aliphatic rings. The summed E-state index contributed by atoms with van der Waals surface area (Å²) in [5.41, 5.74) is 0. The third-order valence-corrected chi connectivity index (χ3v) is 7.73. The Morgan fingerprint density at radius 3 is 1.86 bits per heavy atom. The van der Waals surface area contributed by atoms with Crippen LogP contribution in [0.3, 0.4) is 0 Å². The normalized spacial score (nSPS) is 15.8. The van der Waals surface area contributed by atoms with Gasteiger partial charge in [0.25, 0.3) is 0 Å². The second-order valence-electron chi connectivity index (χ2n) is 4.95. The van der Waals surface area contributed by atoms with E-state index in [9.17, 15) is 9.13 Å². The number of hydrogen-bond acceptors (Lipinski definition) is 6. The van der Waals surface area contributed by atoms with Crippen LogP contribution in [0.25, 0.3) is 0 Å². The molecule has 0 bridgehead atoms. The predicted molar refractivity (Wildman–Crippen MR) is 84.9 cm³/mol. The van der Waals surface area contributed by atoms with Gasteiger partial charge in [-0.1, -0.05) is 0 Å². The lowest BCUT2D eigenvalue weighted by Gasteiger charge is -2.25. The van der Waals surface area contributed by atoms with Crippen LogP contribution in [0.5, 0.6) is 0 Å². The molecule has 0 aromatic heterocycles. The van der Waals surface area contributed by atoms with Crippen LogP contribution in [0.2, 0.25) is 0 Å². The maximum Gasteiger partial charge on any atom is 0.341 e. The molecule has 0 aromatic carbocycles. The molecule has 0 amide bonds. The van der Waals surface area contributed by atoms with E-state index in [1.54, 1.807) is 34.6 Å². The monoisotopic (exact) mass is 342 g/mol. The van der Waals surface area contributed by atoms with Crippen molar-refractivity contribution in [2.75, 3.05) is 19.1 Å². The number of hydrogen-bond donors (Lipinski definition) is 0. The van der Waals surface area contributed by atoms with Gasteiger partial charge in [-0.3, -0.25) is 9.13 Å². The van der Waals surface area contributed by atoms with Crippen molar-refractivity contribution in [2.45, 2.75) is 53.8 Å². The maximum absolute atomic E-state index is 12.8. The summed E-state index contributed by atoms with van der Waals surface area (Å²) >= 11 is 0. The number of ether oxygens (including phenoxy) is 1. The van der Waals surface area contributed by atoms with Crippen molar-refractivity contribution in [3.8, 4) is 0 Å². The van der Waals surface area contributed by atoms with Crippen LogP contribution in [-0.2, 0) is 27.4 Å². The highest BCUT2D eigenvalue weighted by Crippen LogP contribution is 2.65. The largest absolute Gasteiger partial charge is 0.501 e. The maximum atomic E-state index is 12.8. The average Bonchev–Trinajstić information content (AvgIpc) is 2.25. The zero-order valence-electron chi connectivity index (χ0n) is 13.8. The van der Waals surface area contributed by atoms with Crippen molar-refractivity contribution in [1.82, 2.24) is 0 Å². The summed E-state index contributed by atoms with van der Waals surface area (Å²) in [7, 11) is -6.83. The number of rotatable bonds is 11. The minimum Gasteiger partial charge on any atom is -0.501 e. The Kier molecular flexibility index (Phi) is 9.75. The van der Waals surface area contributed by atoms with E-state index in [1.807, 2.05) is 6.92 Å². The molecule has 0 saturated heterocycles. The van der Waals surface area contributed by atoms with Crippen LogP contribution >= 0.6 is 15.0 Å². The van der Waals surface area contributed by atoms with Gasteiger partial charge >= 0.3 is 7.60 Å². The molecule has 0 saturated carbocycles. The minimum atomic E-state index is -3.53. The molecule has 6 nitrogen and oxygen atoms in total. The molecule has 0 aliphatic carbocycles. The third kappa shape index (κ3) is 9.49. The second-order valence-corrected chi connectivity index (χ2v) is 9.73. The van der Waals surface area contributed by atoms with Crippen molar-refractivity contribution in [2.24, 2.45) is 0 Å². The van der Waals surface area contributed by atoms with E-state index in [4.69, 9.17) is 18.3 Å². The molecule has 0 N–H and O–H groups in total. The molecule has 21 heavy (non-hydrogen) atoms. The summed E-state index contributed by atoms with van der Waals surface area (Å²) in [4.78, 5) is 0. The Bertz CT molecular complexity index is 391. The summed E-state index contributed by atoms with van der Waals surface area (Å²) in [6, 6.07) is 0. The minimum absolute atomic E-state index is 0.233. The molecule has 1 atom stereocenters. The fourth-order valence-corrected chi connectivity index (χ4v) is 6.85. The third-order valence-electron chi connectivity index (χ3n) is 2.01. The lowest BCUT2D eigenvalue weighted by atomic mass is 10.5. The standard InChI is InChI=1S/C13H28O6P2/c1-7-16-9-10-20(14,17-8-2)11-21(15,18-12(3)4)19-13(5)6/h9-10,12-13H,7-8,11H2,1-6H3/b10-9+. The molecule has 8 heteroatoms. The van der Waals surface area contributed by atoms with E-state index < -0.39 is 15.0 Å². The Morgan fingerprint density at radius 1 is 0.952 bits per heavy atom. The Hall–Kier alpha value is -0.120. The van der Waals surface area contributed by atoms with E-state index in [0.29, 0.717) is 6.61 Å². The highest BCUT2D eigenvalue weighted by molar-refractivity contribution is 7.75. The molecule has 0 heterocycles. The van der Waals surface area contributed by atoms with Crippen LogP contribution < -0.4 is 0 Å². The van der Waals surface area contributed by atoms with Crippen LogP contribution in [0.1, 0.15) is 41.5 Å². The Labute approximate surface area is 128 Å². The van der Waals surface area contributed by atoms with Crippen molar-refractivity contribution in [1.29, 1.82) is 0 Å². The summed E-state index contributed by atoms with van der Waals surface area (Å²) in [6.07, 6.45) is 0.701. The van der Waals surface area contributed by atoms with Crippen molar-refractivity contribution in [3.63, 3.8) is 0 Å². The zero-order chi connectivity index (χ0) is 16.5. The predicted octanol–water partition coefficient (Wildman–Crippen LogP) is 4.81. The average molecular weight is 342 g/mol. The van der Waals surface area contributed by atoms with Crippen LogP contribution in [0.4, 0.5) is 0 Å². The van der Waals surface area contributed by atoms with Gasteiger partial charge in [-0.25, -0.2) is 0 Å². The molecule has 1 unspecified atom stereocenters. The molecule has 0 spiro atoms.